The molecule has 116 valence electrons. The van der Waals surface area contributed by atoms with Gasteiger partial charge in [0.1, 0.15) is 11.6 Å². The lowest BCUT2D eigenvalue weighted by Crippen LogP contribution is -2.39. The van der Waals surface area contributed by atoms with Crippen LogP contribution in [0.4, 0.5) is 5.82 Å². The minimum absolute atomic E-state index is 0.646. The lowest BCUT2D eigenvalue weighted by atomic mass is 9.94. The summed E-state index contributed by atoms with van der Waals surface area (Å²) in [5, 5.41) is 0. The molecule has 21 heavy (non-hydrogen) atoms. The Morgan fingerprint density at radius 2 is 2.05 bits per heavy atom. The largest absolute Gasteiger partial charge is 0.381 e. The van der Waals surface area contributed by atoms with Crippen LogP contribution in [-0.2, 0) is 17.6 Å². The van der Waals surface area contributed by atoms with E-state index >= 15 is 0 Å². The first-order chi connectivity index (χ1) is 10.3. The predicted molar refractivity (Wildman–Crippen MR) is 84.8 cm³/mol. The average molecular weight is 289 g/mol. The summed E-state index contributed by atoms with van der Waals surface area (Å²) >= 11 is 0. The molecule has 2 aliphatic rings. The van der Waals surface area contributed by atoms with Crippen LogP contribution in [0.5, 0.6) is 0 Å². The second kappa shape index (κ2) is 6.73. The standard InChI is InChI=1S/C17H27N3O/c1-3-21-12-14-7-6-10-20(11-14)17-15-8-4-5-9-16(15)18-13(2)19-17/h14H,3-12H2,1-2H3. The molecule has 0 N–H and O–H groups in total. The molecule has 1 unspecified atom stereocenters. The Morgan fingerprint density at radius 3 is 2.90 bits per heavy atom. The van der Waals surface area contributed by atoms with E-state index in [1.165, 1.54) is 42.8 Å². The Kier molecular flexibility index (Phi) is 4.73. The third kappa shape index (κ3) is 3.37. The molecule has 1 aliphatic carbocycles. The molecule has 0 amide bonds. The first-order valence-corrected chi connectivity index (χ1v) is 8.47. The SMILES string of the molecule is CCOCC1CCCN(c2nc(C)nc3c2CCCC3)C1. The van der Waals surface area contributed by atoms with Crippen LogP contribution in [0.1, 0.15) is 49.7 Å². The molecule has 0 saturated carbocycles. The number of fused-ring (bicyclic) bond motifs is 1. The molecule has 1 saturated heterocycles. The summed E-state index contributed by atoms with van der Waals surface area (Å²) in [6, 6.07) is 0. The highest BCUT2D eigenvalue weighted by molar-refractivity contribution is 5.50. The van der Waals surface area contributed by atoms with Crippen molar-refractivity contribution < 1.29 is 4.74 Å². The van der Waals surface area contributed by atoms with E-state index in [0.717, 1.165) is 45.0 Å². The van der Waals surface area contributed by atoms with Gasteiger partial charge in [-0.15, -0.1) is 0 Å². The van der Waals surface area contributed by atoms with Gasteiger partial charge in [0, 0.05) is 31.0 Å². The molecular formula is C17H27N3O. The number of hydrogen-bond donors (Lipinski definition) is 0. The number of aryl methyl sites for hydroxylation is 2. The van der Waals surface area contributed by atoms with Crippen LogP contribution < -0.4 is 4.90 Å². The van der Waals surface area contributed by atoms with Crippen molar-refractivity contribution in [2.24, 2.45) is 5.92 Å². The van der Waals surface area contributed by atoms with Crippen molar-refractivity contribution in [2.75, 3.05) is 31.2 Å². The second-order valence-corrected chi connectivity index (χ2v) is 6.34. The Labute approximate surface area is 127 Å². The summed E-state index contributed by atoms with van der Waals surface area (Å²) in [4.78, 5) is 12.0. The fraction of sp³-hybridized carbons (Fsp3) is 0.765. The zero-order chi connectivity index (χ0) is 14.7. The lowest BCUT2D eigenvalue weighted by Gasteiger charge is -2.35. The number of anilines is 1. The van der Waals surface area contributed by atoms with E-state index in [9.17, 15) is 0 Å². The van der Waals surface area contributed by atoms with Crippen molar-refractivity contribution in [3.63, 3.8) is 0 Å². The Hall–Kier alpha value is -1.16. The second-order valence-electron chi connectivity index (χ2n) is 6.34. The summed E-state index contributed by atoms with van der Waals surface area (Å²) in [6.45, 7) is 8.02. The van der Waals surface area contributed by atoms with Crippen LogP contribution in [0.25, 0.3) is 0 Å². The highest BCUT2D eigenvalue weighted by Gasteiger charge is 2.25. The van der Waals surface area contributed by atoms with Gasteiger partial charge in [0.05, 0.1) is 6.61 Å². The van der Waals surface area contributed by atoms with Crippen molar-refractivity contribution in [3.05, 3.63) is 17.1 Å². The van der Waals surface area contributed by atoms with Crippen LogP contribution in [0.2, 0.25) is 0 Å². The van der Waals surface area contributed by atoms with Crippen molar-refractivity contribution in [1.29, 1.82) is 0 Å². The van der Waals surface area contributed by atoms with E-state index in [2.05, 4.69) is 16.8 Å². The molecule has 1 fully saturated rings. The summed E-state index contributed by atoms with van der Waals surface area (Å²) in [7, 11) is 0. The number of piperidine rings is 1. The summed E-state index contributed by atoms with van der Waals surface area (Å²) in [5.41, 5.74) is 2.72. The predicted octanol–water partition coefficient (Wildman–Crippen LogP) is 2.92. The molecule has 1 aromatic rings. The number of ether oxygens (including phenoxy) is 1. The molecule has 1 aliphatic heterocycles. The number of aromatic nitrogens is 2. The Balaban J connectivity index is 1.80. The zero-order valence-corrected chi connectivity index (χ0v) is 13.4. The molecular weight excluding hydrogens is 262 g/mol. The third-order valence-electron chi connectivity index (χ3n) is 4.65. The minimum Gasteiger partial charge on any atom is -0.381 e. The van der Waals surface area contributed by atoms with Gasteiger partial charge in [0.25, 0.3) is 0 Å². The molecule has 0 radical (unpaired) electrons. The van der Waals surface area contributed by atoms with Crippen molar-refractivity contribution in [1.82, 2.24) is 9.97 Å². The van der Waals surface area contributed by atoms with E-state index in [1.807, 2.05) is 6.92 Å². The van der Waals surface area contributed by atoms with Gasteiger partial charge in [0.15, 0.2) is 0 Å². The van der Waals surface area contributed by atoms with Gasteiger partial charge in [0.2, 0.25) is 0 Å². The molecule has 1 aromatic heterocycles. The van der Waals surface area contributed by atoms with Crippen LogP contribution in [0.3, 0.4) is 0 Å². The third-order valence-corrected chi connectivity index (χ3v) is 4.65. The topological polar surface area (TPSA) is 38.2 Å². The quantitative estimate of drug-likeness (QED) is 0.854. The van der Waals surface area contributed by atoms with Crippen LogP contribution in [-0.4, -0.2) is 36.3 Å². The molecule has 1 atom stereocenters. The van der Waals surface area contributed by atoms with E-state index in [1.54, 1.807) is 0 Å². The minimum atomic E-state index is 0.646. The van der Waals surface area contributed by atoms with E-state index in [4.69, 9.17) is 9.72 Å². The first kappa shape index (κ1) is 14.8. The maximum Gasteiger partial charge on any atom is 0.135 e. The van der Waals surface area contributed by atoms with Crippen LogP contribution in [0.15, 0.2) is 0 Å². The van der Waals surface area contributed by atoms with Gasteiger partial charge in [-0.1, -0.05) is 0 Å². The highest BCUT2D eigenvalue weighted by atomic mass is 16.5. The maximum absolute atomic E-state index is 5.63. The van der Waals surface area contributed by atoms with Crippen molar-refractivity contribution in [3.8, 4) is 0 Å². The summed E-state index contributed by atoms with van der Waals surface area (Å²) < 4.78 is 5.63. The number of rotatable bonds is 4. The zero-order valence-electron chi connectivity index (χ0n) is 13.4. The van der Waals surface area contributed by atoms with Crippen molar-refractivity contribution >= 4 is 5.82 Å². The van der Waals surface area contributed by atoms with E-state index in [0.29, 0.717) is 5.92 Å². The number of hydrogen-bond acceptors (Lipinski definition) is 4. The first-order valence-electron chi connectivity index (χ1n) is 8.47. The molecule has 0 aromatic carbocycles. The van der Waals surface area contributed by atoms with Crippen LogP contribution >= 0.6 is 0 Å². The fourth-order valence-corrected chi connectivity index (χ4v) is 3.63. The molecule has 0 bridgehead atoms. The van der Waals surface area contributed by atoms with Crippen molar-refractivity contribution in [2.45, 2.75) is 52.4 Å². The van der Waals surface area contributed by atoms with E-state index in [-0.39, 0.29) is 0 Å². The molecule has 0 spiro atoms. The summed E-state index contributed by atoms with van der Waals surface area (Å²) in [5.74, 6) is 2.80. The van der Waals surface area contributed by atoms with Gasteiger partial charge in [-0.3, -0.25) is 0 Å². The molecule has 3 rings (SSSR count). The lowest BCUT2D eigenvalue weighted by molar-refractivity contribution is 0.104. The Bertz CT molecular complexity index is 489. The van der Waals surface area contributed by atoms with Gasteiger partial charge < -0.3 is 9.64 Å². The molecule has 2 heterocycles. The van der Waals surface area contributed by atoms with Gasteiger partial charge >= 0.3 is 0 Å². The normalized spacial score (nSPS) is 22.2. The molecule has 4 heteroatoms. The van der Waals surface area contributed by atoms with Gasteiger partial charge in [-0.2, -0.15) is 0 Å². The smallest absolute Gasteiger partial charge is 0.135 e. The monoisotopic (exact) mass is 289 g/mol. The Morgan fingerprint density at radius 1 is 1.19 bits per heavy atom. The van der Waals surface area contributed by atoms with Gasteiger partial charge in [-0.25, -0.2) is 9.97 Å². The summed E-state index contributed by atoms with van der Waals surface area (Å²) in [6.07, 6.45) is 7.36. The highest BCUT2D eigenvalue weighted by Crippen LogP contribution is 2.30. The maximum atomic E-state index is 5.63. The number of nitrogens with zero attached hydrogens (tertiary/aromatic N) is 3. The average Bonchev–Trinajstić information content (AvgIpc) is 2.52. The van der Waals surface area contributed by atoms with Crippen LogP contribution in [0, 0.1) is 12.8 Å². The molecule has 4 nitrogen and oxygen atoms in total. The van der Waals surface area contributed by atoms with Gasteiger partial charge in [-0.05, 0) is 58.3 Å². The fourth-order valence-electron chi connectivity index (χ4n) is 3.63. The van der Waals surface area contributed by atoms with E-state index < -0.39 is 0 Å².